The number of guanidine groups is 1. The highest BCUT2D eigenvalue weighted by molar-refractivity contribution is 6.11. The molecule has 0 unspecified atom stereocenters. The second-order valence-electron chi connectivity index (χ2n) is 5.05. The fourth-order valence-electron chi connectivity index (χ4n) is 2.44. The second kappa shape index (κ2) is 5.33. The smallest absolute Gasteiger partial charge is 0.280 e. The Labute approximate surface area is 127 Å². The van der Waals surface area contributed by atoms with E-state index in [0.29, 0.717) is 5.56 Å². The van der Waals surface area contributed by atoms with Crippen LogP contribution >= 0.6 is 0 Å². The highest BCUT2D eigenvalue weighted by atomic mass is 16.1. The van der Waals surface area contributed by atoms with Gasteiger partial charge in [0.15, 0.2) is 13.0 Å². The Kier molecular flexibility index (Phi) is 3.34. The maximum atomic E-state index is 12.1. The average molecular weight is 294 g/mol. The third-order valence-electron chi connectivity index (χ3n) is 3.43. The lowest BCUT2D eigenvalue weighted by molar-refractivity contribution is -0.726. The molecule has 6 heteroatoms. The molecular weight excluding hydrogens is 278 g/mol. The zero-order valence-electron chi connectivity index (χ0n) is 12.1. The number of aromatic nitrogens is 2. The molecular formula is C16H16N5O+. The van der Waals surface area contributed by atoms with Crippen LogP contribution in [0.4, 0.5) is 0 Å². The molecule has 0 atom stereocenters. The van der Waals surface area contributed by atoms with Crippen LogP contribution in [0, 0.1) is 0 Å². The number of aryl methyl sites for hydroxylation is 1. The number of amides is 1. The number of aliphatic imine (C=N–C) groups is 1. The van der Waals surface area contributed by atoms with E-state index in [1.54, 1.807) is 6.07 Å². The second-order valence-corrected chi connectivity index (χ2v) is 5.05. The number of H-pyrrole nitrogens is 1. The van der Waals surface area contributed by atoms with Crippen molar-refractivity contribution in [1.82, 2.24) is 5.10 Å². The molecule has 6 nitrogen and oxygen atoms in total. The van der Waals surface area contributed by atoms with Crippen molar-refractivity contribution in [3.8, 4) is 11.1 Å². The van der Waals surface area contributed by atoms with E-state index in [2.05, 4.69) is 10.1 Å². The predicted octanol–water partition coefficient (Wildman–Crippen LogP) is 1.07. The Morgan fingerprint density at radius 2 is 2.00 bits per heavy atom. The van der Waals surface area contributed by atoms with Crippen LogP contribution in [0.15, 0.2) is 53.8 Å². The van der Waals surface area contributed by atoms with Crippen molar-refractivity contribution in [2.24, 2.45) is 23.5 Å². The van der Waals surface area contributed by atoms with E-state index in [4.69, 9.17) is 11.5 Å². The maximum Gasteiger partial charge on any atom is 0.280 e. The van der Waals surface area contributed by atoms with Crippen LogP contribution in [-0.4, -0.2) is 17.0 Å². The van der Waals surface area contributed by atoms with E-state index in [0.717, 1.165) is 21.9 Å². The first kappa shape index (κ1) is 13.8. The van der Waals surface area contributed by atoms with Gasteiger partial charge in [-0.3, -0.25) is 4.79 Å². The van der Waals surface area contributed by atoms with Crippen molar-refractivity contribution >= 4 is 22.6 Å². The molecule has 110 valence electrons. The molecule has 0 spiro atoms. The Hall–Kier alpha value is -3.15. The molecule has 3 aromatic rings. The van der Waals surface area contributed by atoms with Crippen molar-refractivity contribution < 1.29 is 9.48 Å². The Bertz CT molecular complexity index is 890. The Morgan fingerprint density at radius 1 is 1.18 bits per heavy atom. The summed E-state index contributed by atoms with van der Waals surface area (Å²) < 4.78 is 1.87. The van der Waals surface area contributed by atoms with Gasteiger partial charge in [-0.1, -0.05) is 24.3 Å². The van der Waals surface area contributed by atoms with Crippen LogP contribution in [0.25, 0.3) is 21.9 Å². The van der Waals surface area contributed by atoms with Crippen LogP contribution in [0.2, 0.25) is 0 Å². The van der Waals surface area contributed by atoms with E-state index in [-0.39, 0.29) is 5.96 Å². The number of rotatable bonds is 2. The lowest BCUT2D eigenvalue weighted by atomic mass is 10.00. The molecule has 0 fully saturated rings. The molecule has 0 aliphatic rings. The molecule has 1 aromatic heterocycles. The first-order valence-corrected chi connectivity index (χ1v) is 6.76. The summed E-state index contributed by atoms with van der Waals surface area (Å²) in [6.07, 6.45) is 3.92. The predicted molar refractivity (Wildman–Crippen MR) is 85.1 cm³/mol. The molecule has 3 rings (SSSR count). The van der Waals surface area contributed by atoms with Gasteiger partial charge in [0.05, 0.1) is 11.8 Å². The van der Waals surface area contributed by atoms with Crippen molar-refractivity contribution in [2.75, 3.05) is 0 Å². The standard InChI is InChI=1S/C16H15N5O/c1-21-9-12(8-19-21)10-5-6-13-11(7-10)3-2-4-14(13)15(22)20-16(17)18/h2-9H,1H3,(H4,17,18,20,22)/p+1. The fraction of sp³-hybridized carbons (Fsp3) is 0.0625. The van der Waals surface area contributed by atoms with E-state index in [1.807, 2.05) is 54.5 Å². The molecule has 0 aliphatic carbocycles. The minimum Gasteiger partial charge on any atom is -0.370 e. The number of carbonyl (C=O) groups is 1. The zero-order chi connectivity index (χ0) is 15.7. The molecule has 5 N–H and O–H groups in total. The normalized spacial score (nSPS) is 10.6. The lowest BCUT2D eigenvalue weighted by Crippen LogP contribution is -2.27. The summed E-state index contributed by atoms with van der Waals surface area (Å²) in [5.41, 5.74) is 13.2. The van der Waals surface area contributed by atoms with Crippen LogP contribution in [-0.2, 0) is 7.05 Å². The number of hydrogen-bond acceptors (Lipinski definition) is 1. The van der Waals surface area contributed by atoms with Crippen LogP contribution in [0.1, 0.15) is 10.4 Å². The topological polar surface area (TPSA) is 101 Å². The first-order chi connectivity index (χ1) is 10.5. The number of nitrogens with zero attached hydrogens (tertiary/aromatic N) is 2. The van der Waals surface area contributed by atoms with Gasteiger partial charge in [-0.25, -0.2) is 0 Å². The SMILES string of the molecule is C[n+]1cc(-c2ccc3c(C(=O)N=C(N)N)cccc3c2)c[nH]1. The fourth-order valence-corrected chi connectivity index (χ4v) is 2.44. The van der Waals surface area contributed by atoms with Crippen molar-refractivity contribution in [3.63, 3.8) is 0 Å². The maximum absolute atomic E-state index is 12.1. The summed E-state index contributed by atoms with van der Waals surface area (Å²) in [5, 5.41) is 4.86. The number of fused-ring (bicyclic) bond motifs is 1. The zero-order valence-corrected chi connectivity index (χ0v) is 12.1. The van der Waals surface area contributed by atoms with Gasteiger partial charge in [-0.2, -0.15) is 10.1 Å². The highest BCUT2D eigenvalue weighted by Crippen LogP contribution is 2.26. The number of nitrogens with one attached hydrogen (secondary N) is 1. The number of aromatic amines is 1. The monoisotopic (exact) mass is 294 g/mol. The molecule has 0 aliphatic heterocycles. The van der Waals surface area contributed by atoms with Gasteiger partial charge in [0, 0.05) is 5.56 Å². The van der Waals surface area contributed by atoms with Crippen molar-refractivity contribution in [1.29, 1.82) is 0 Å². The minimum atomic E-state index is -0.439. The summed E-state index contributed by atoms with van der Waals surface area (Å²) in [7, 11) is 1.93. The van der Waals surface area contributed by atoms with Gasteiger partial charge >= 0.3 is 0 Å². The van der Waals surface area contributed by atoms with Gasteiger partial charge in [-0.15, -0.1) is 4.68 Å². The number of nitrogens with two attached hydrogens (primary N) is 2. The first-order valence-electron chi connectivity index (χ1n) is 6.76. The average Bonchev–Trinajstić information content (AvgIpc) is 2.92. The van der Waals surface area contributed by atoms with Crippen molar-refractivity contribution in [2.45, 2.75) is 0 Å². The highest BCUT2D eigenvalue weighted by Gasteiger charge is 2.11. The lowest BCUT2D eigenvalue weighted by Gasteiger charge is -2.05. The molecule has 0 bridgehead atoms. The molecule has 0 saturated carbocycles. The van der Waals surface area contributed by atoms with E-state index in [1.165, 1.54) is 0 Å². The number of benzene rings is 2. The Balaban J connectivity index is 2.12. The summed E-state index contributed by atoms with van der Waals surface area (Å²) in [5.74, 6) is -0.676. The summed E-state index contributed by atoms with van der Waals surface area (Å²) in [6, 6.07) is 11.4. The largest absolute Gasteiger partial charge is 0.370 e. The number of carbonyl (C=O) groups excluding carboxylic acids is 1. The van der Waals surface area contributed by atoms with Crippen molar-refractivity contribution in [3.05, 3.63) is 54.4 Å². The minimum absolute atomic E-state index is 0.238. The van der Waals surface area contributed by atoms with Gasteiger partial charge in [-0.05, 0) is 28.5 Å². The Morgan fingerprint density at radius 3 is 2.68 bits per heavy atom. The molecule has 1 amide bonds. The van der Waals surface area contributed by atoms with Gasteiger partial charge < -0.3 is 11.5 Å². The van der Waals surface area contributed by atoms with Crippen LogP contribution < -0.4 is 16.1 Å². The quantitative estimate of drug-likeness (QED) is 0.374. The van der Waals surface area contributed by atoms with Gasteiger partial charge in [0.2, 0.25) is 6.20 Å². The third-order valence-corrected chi connectivity index (χ3v) is 3.43. The molecule has 22 heavy (non-hydrogen) atoms. The van der Waals surface area contributed by atoms with Gasteiger partial charge in [0.1, 0.15) is 0 Å². The van der Waals surface area contributed by atoms with Gasteiger partial charge in [0.25, 0.3) is 5.91 Å². The van der Waals surface area contributed by atoms with E-state index < -0.39 is 5.91 Å². The molecule has 1 heterocycles. The third kappa shape index (κ3) is 2.54. The molecule has 0 radical (unpaired) electrons. The van der Waals surface area contributed by atoms with E-state index in [9.17, 15) is 4.79 Å². The summed E-state index contributed by atoms with van der Waals surface area (Å²) >= 11 is 0. The molecule has 0 saturated heterocycles. The summed E-state index contributed by atoms with van der Waals surface area (Å²) in [4.78, 5) is 15.7. The van der Waals surface area contributed by atoms with E-state index >= 15 is 0 Å². The van der Waals surface area contributed by atoms with Crippen LogP contribution in [0.3, 0.4) is 0 Å². The number of hydrogen-bond donors (Lipinski definition) is 3. The van der Waals surface area contributed by atoms with Crippen LogP contribution in [0.5, 0.6) is 0 Å². The molecule has 2 aromatic carbocycles. The summed E-state index contributed by atoms with van der Waals surface area (Å²) in [6.45, 7) is 0.